The van der Waals surface area contributed by atoms with Crippen LogP contribution in [0.1, 0.15) is 30.9 Å². The van der Waals surface area contributed by atoms with Gasteiger partial charge in [-0.05, 0) is 30.9 Å². The molecule has 1 aliphatic rings. The van der Waals surface area contributed by atoms with Crippen LogP contribution in [0.3, 0.4) is 0 Å². The molecule has 0 spiro atoms. The molecule has 1 aliphatic heterocycles. The SMILES string of the molecule is NC[C@@H](N)c1ccccc1N1CCCCC1. The molecule has 1 aromatic rings. The summed E-state index contributed by atoms with van der Waals surface area (Å²) in [5.41, 5.74) is 14.2. The van der Waals surface area contributed by atoms with E-state index in [0.717, 1.165) is 13.1 Å². The summed E-state index contributed by atoms with van der Waals surface area (Å²) in [6.07, 6.45) is 3.92. The Hall–Kier alpha value is -1.06. The van der Waals surface area contributed by atoms with E-state index < -0.39 is 0 Å². The molecule has 1 aromatic carbocycles. The Labute approximate surface area is 97.4 Å². The first-order valence-electron chi connectivity index (χ1n) is 6.12. The molecule has 1 heterocycles. The lowest BCUT2D eigenvalue weighted by molar-refractivity contribution is 0.574. The van der Waals surface area contributed by atoms with Crippen molar-refractivity contribution in [2.24, 2.45) is 11.5 Å². The maximum Gasteiger partial charge on any atom is 0.0440 e. The van der Waals surface area contributed by atoms with Gasteiger partial charge in [-0.15, -0.1) is 0 Å². The van der Waals surface area contributed by atoms with Crippen molar-refractivity contribution < 1.29 is 0 Å². The summed E-state index contributed by atoms with van der Waals surface area (Å²) < 4.78 is 0. The number of rotatable bonds is 3. The molecule has 0 bridgehead atoms. The van der Waals surface area contributed by atoms with Crippen LogP contribution in [0.15, 0.2) is 24.3 Å². The Balaban J connectivity index is 2.24. The summed E-state index contributed by atoms with van der Waals surface area (Å²) in [6, 6.07) is 8.34. The predicted octanol–water partition coefficient (Wildman–Crippen LogP) is 1.64. The number of benzene rings is 1. The largest absolute Gasteiger partial charge is 0.371 e. The highest BCUT2D eigenvalue weighted by atomic mass is 15.1. The summed E-state index contributed by atoms with van der Waals surface area (Å²) in [4.78, 5) is 2.44. The summed E-state index contributed by atoms with van der Waals surface area (Å²) in [5, 5.41) is 0. The van der Waals surface area contributed by atoms with Crippen molar-refractivity contribution in [3.8, 4) is 0 Å². The molecule has 2 rings (SSSR count). The fraction of sp³-hybridized carbons (Fsp3) is 0.538. The fourth-order valence-electron chi connectivity index (χ4n) is 2.35. The Morgan fingerprint density at radius 1 is 1.12 bits per heavy atom. The third kappa shape index (κ3) is 2.36. The molecule has 0 radical (unpaired) electrons. The molecule has 0 unspecified atom stereocenters. The van der Waals surface area contributed by atoms with Crippen LogP contribution in [0.2, 0.25) is 0 Å². The minimum Gasteiger partial charge on any atom is -0.371 e. The normalized spacial score (nSPS) is 18.5. The summed E-state index contributed by atoms with van der Waals surface area (Å²) in [7, 11) is 0. The molecule has 0 amide bonds. The van der Waals surface area contributed by atoms with Crippen molar-refractivity contribution in [1.29, 1.82) is 0 Å². The fourth-order valence-corrected chi connectivity index (χ4v) is 2.35. The molecule has 0 aliphatic carbocycles. The zero-order chi connectivity index (χ0) is 11.4. The Morgan fingerprint density at radius 2 is 1.81 bits per heavy atom. The Kier molecular flexibility index (Phi) is 3.80. The van der Waals surface area contributed by atoms with Gasteiger partial charge in [0.2, 0.25) is 0 Å². The van der Waals surface area contributed by atoms with E-state index in [-0.39, 0.29) is 6.04 Å². The van der Waals surface area contributed by atoms with Crippen LogP contribution in [0.4, 0.5) is 5.69 Å². The molecule has 0 aromatic heterocycles. The summed E-state index contributed by atoms with van der Waals surface area (Å²) >= 11 is 0. The van der Waals surface area contributed by atoms with Crippen LogP contribution in [0, 0.1) is 0 Å². The quantitative estimate of drug-likeness (QED) is 0.812. The maximum atomic E-state index is 6.05. The monoisotopic (exact) mass is 219 g/mol. The van der Waals surface area contributed by atoms with Crippen LogP contribution in [-0.4, -0.2) is 19.6 Å². The topological polar surface area (TPSA) is 55.3 Å². The zero-order valence-electron chi connectivity index (χ0n) is 9.73. The van der Waals surface area contributed by atoms with Gasteiger partial charge in [0.15, 0.2) is 0 Å². The molecule has 1 atom stereocenters. The molecular weight excluding hydrogens is 198 g/mol. The van der Waals surface area contributed by atoms with E-state index in [9.17, 15) is 0 Å². The van der Waals surface area contributed by atoms with Crippen molar-refractivity contribution in [3.05, 3.63) is 29.8 Å². The van der Waals surface area contributed by atoms with Gasteiger partial charge in [0.1, 0.15) is 0 Å². The highest BCUT2D eigenvalue weighted by molar-refractivity contribution is 5.55. The standard InChI is InChI=1S/C13H21N3/c14-10-12(15)11-6-2-3-7-13(11)16-8-4-1-5-9-16/h2-3,6-7,12H,1,4-5,8-10,14-15H2/t12-/m1/s1. The van der Waals surface area contributed by atoms with Gasteiger partial charge in [-0.1, -0.05) is 18.2 Å². The van der Waals surface area contributed by atoms with Crippen LogP contribution in [-0.2, 0) is 0 Å². The number of hydrogen-bond donors (Lipinski definition) is 2. The van der Waals surface area contributed by atoms with E-state index in [1.807, 2.05) is 6.07 Å². The predicted molar refractivity (Wildman–Crippen MR) is 68.5 cm³/mol. The molecule has 0 saturated carbocycles. The smallest absolute Gasteiger partial charge is 0.0440 e. The van der Waals surface area contributed by atoms with Crippen molar-refractivity contribution in [3.63, 3.8) is 0 Å². The lowest BCUT2D eigenvalue weighted by Gasteiger charge is -2.31. The number of piperidine rings is 1. The van der Waals surface area contributed by atoms with E-state index in [4.69, 9.17) is 11.5 Å². The van der Waals surface area contributed by atoms with Crippen molar-refractivity contribution in [2.75, 3.05) is 24.5 Å². The van der Waals surface area contributed by atoms with Gasteiger partial charge >= 0.3 is 0 Å². The summed E-state index contributed by atoms with van der Waals surface area (Å²) in [5.74, 6) is 0. The number of para-hydroxylation sites is 1. The van der Waals surface area contributed by atoms with E-state index in [2.05, 4.69) is 23.1 Å². The zero-order valence-corrected chi connectivity index (χ0v) is 9.73. The molecule has 16 heavy (non-hydrogen) atoms. The maximum absolute atomic E-state index is 6.05. The second kappa shape index (κ2) is 5.32. The van der Waals surface area contributed by atoms with Gasteiger partial charge in [-0.3, -0.25) is 0 Å². The lowest BCUT2D eigenvalue weighted by Crippen LogP contribution is -2.32. The minimum absolute atomic E-state index is 0.0434. The second-order valence-electron chi connectivity index (χ2n) is 4.45. The highest BCUT2D eigenvalue weighted by Gasteiger charge is 2.16. The van der Waals surface area contributed by atoms with Crippen LogP contribution < -0.4 is 16.4 Å². The second-order valence-corrected chi connectivity index (χ2v) is 4.45. The Bertz CT molecular complexity index is 332. The van der Waals surface area contributed by atoms with E-state index in [1.54, 1.807) is 0 Å². The number of nitrogens with two attached hydrogens (primary N) is 2. The van der Waals surface area contributed by atoms with Gasteiger partial charge in [0.25, 0.3) is 0 Å². The number of anilines is 1. The average Bonchev–Trinajstić information content (AvgIpc) is 2.39. The van der Waals surface area contributed by atoms with E-state index >= 15 is 0 Å². The average molecular weight is 219 g/mol. The van der Waals surface area contributed by atoms with E-state index in [1.165, 1.54) is 30.5 Å². The third-order valence-electron chi connectivity index (χ3n) is 3.29. The summed E-state index contributed by atoms with van der Waals surface area (Å²) in [6.45, 7) is 2.80. The molecule has 4 N–H and O–H groups in total. The molecule has 3 nitrogen and oxygen atoms in total. The molecule has 1 fully saturated rings. The van der Waals surface area contributed by atoms with Gasteiger partial charge in [0.05, 0.1) is 0 Å². The molecule has 3 heteroatoms. The van der Waals surface area contributed by atoms with Crippen molar-refractivity contribution in [1.82, 2.24) is 0 Å². The molecular formula is C13H21N3. The van der Waals surface area contributed by atoms with Gasteiger partial charge in [-0.2, -0.15) is 0 Å². The minimum atomic E-state index is -0.0434. The number of hydrogen-bond acceptors (Lipinski definition) is 3. The van der Waals surface area contributed by atoms with Gasteiger partial charge in [-0.25, -0.2) is 0 Å². The van der Waals surface area contributed by atoms with E-state index in [0.29, 0.717) is 6.54 Å². The Morgan fingerprint density at radius 3 is 2.50 bits per heavy atom. The van der Waals surface area contributed by atoms with Crippen molar-refractivity contribution >= 4 is 5.69 Å². The van der Waals surface area contributed by atoms with Crippen LogP contribution in [0.5, 0.6) is 0 Å². The van der Waals surface area contributed by atoms with Gasteiger partial charge in [0, 0.05) is 31.4 Å². The first-order valence-corrected chi connectivity index (χ1v) is 6.12. The lowest BCUT2D eigenvalue weighted by atomic mass is 10.0. The van der Waals surface area contributed by atoms with Crippen LogP contribution in [0.25, 0.3) is 0 Å². The van der Waals surface area contributed by atoms with Crippen molar-refractivity contribution in [2.45, 2.75) is 25.3 Å². The highest BCUT2D eigenvalue weighted by Crippen LogP contribution is 2.27. The number of nitrogens with zero attached hydrogens (tertiary/aromatic N) is 1. The van der Waals surface area contributed by atoms with Crippen LogP contribution >= 0.6 is 0 Å². The third-order valence-corrected chi connectivity index (χ3v) is 3.29. The molecule has 1 saturated heterocycles. The first kappa shape index (κ1) is 11.4. The first-order chi connectivity index (χ1) is 7.83. The van der Waals surface area contributed by atoms with Gasteiger partial charge < -0.3 is 16.4 Å². The molecule has 88 valence electrons.